The van der Waals surface area contributed by atoms with E-state index in [-0.39, 0.29) is 12.2 Å². The molecule has 4 aromatic rings. The van der Waals surface area contributed by atoms with Gasteiger partial charge in [0.1, 0.15) is 11.6 Å². The van der Waals surface area contributed by atoms with E-state index in [9.17, 15) is 9.59 Å². The highest BCUT2D eigenvalue weighted by Gasteiger charge is 2.12. The Labute approximate surface area is 210 Å². The number of esters is 1. The van der Waals surface area contributed by atoms with E-state index in [0.29, 0.717) is 28.9 Å². The zero-order valence-electron chi connectivity index (χ0n) is 19.9. The first kappa shape index (κ1) is 24.4. The molecule has 0 N–H and O–H groups in total. The topological polar surface area (TPSA) is 87.7 Å². The maximum absolute atomic E-state index is 13.1. The number of halogens is 1. The fourth-order valence-corrected chi connectivity index (χ4v) is 4.23. The fraction of sp³-hybridized carbons (Fsp3) is 0.231. The predicted octanol–water partition coefficient (Wildman–Crippen LogP) is 4.56. The third-order valence-corrected chi connectivity index (χ3v) is 6.15. The number of ether oxygens (including phenoxy) is 2. The lowest BCUT2D eigenvalue weighted by atomic mass is 10.2. The molecule has 0 aliphatic heterocycles. The molecule has 0 unspecified atom stereocenters. The summed E-state index contributed by atoms with van der Waals surface area (Å²) in [6.07, 6.45) is 2.26. The van der Waals surface area contributed by atoms with Crippen LogP contribution in [-0.4, -0.2) is 40.1 Å². The standard InChI is InChI=1S/C26H25BrN4O4/c1-5-24-29-23-11-6-19(27)13-22(23)26(33)31(24)28-14-18-12-16(2)30(17(18)3)20-7-9-21(10-8-20)35-15-25(32)34-4/h6-14H,5,15H2,1-4H3. The van der Waals surface area contributed by atoms with Crippen molar-refractivity contribution in [1.29, 1.82) is 0 Å². The molecule has 0 saturated heterocycles. The molecular formula is C26H25BrN4O4. The Bertz CT molecular complexity index is 1490. The number of hydrogen-bond donors (Lipinski definition) is 0. The zero-order chi connectivity index (χ0) is 25.1. The van der Waals surface area contributed by atoms with E-state index in [1.165, 1.54) is 11.8 Å². The largest absolute Gasteiger partial charge is 0.482 e. The highest BCUT2D eigenvalue weighted by molar-refractivity contribution is 9.10. The summed E-state index contributed by atoms with van der Waals surface area (Å²) in [6, 6.07) is 14.9. The van der Waals surface area contributed by atoms with Crippen molar-refractivity contribution in [3.8, 4) is 11.4 Å². The number of carbonyl (C=O) groups excluding carboxylic acids is 1. The summed E-state index contributed by atoms with van der Waals surface area (Å²) in [5.74, 6) is 0.734. The van der Waals surface area contributed by atoms with Crippen LogP contribution in [0.15, 0.2) is 62.9 Å². The van der Waals surface area contributed by atoms with Gasteiger partial charge < -0.3 is 14.0 Å². The summed E-state index contributed by atoms with van der Waals surface area (Å²) in [5.41, 5.74) is 4.25. The molecule has 0 spiro atoms. The van der Waals surface area contributed by atoms with Gasteiger partial charge in [0.15, 0.2) is 6.61 Å². The highest BCUT2D eigenvalue weighted by Crippen LogP contribution is 2.22. The van der Waals surface area contributed by atoms with Gasteiger partial charge in [-0.25, -0.2) is 9.78 Å². The van der Waals surface area contributed by atoms with E-state index >= 15 is 0 Å². The first-order valence-electron chi connectivity index (χ1n) is 11.1. The minimum absolute atomic E-state index is 0.141. The average molecular weight is 537 g/mol. The number of carbonyl (C=O) groups is 1. The molecule has 0 saturated carbocycles. The second-order valence-corrected chi connectivity index (χ2v) is 8.84. The monoisotopic (exact) mass is 536 g/mol. The normalized spacial score (nSPS) is 11.3. The van der Waals surface area contributed by atoms with Gasteiger partial charge in [0.25, 0.3) is 5.56 Å². The Morgan fingerprint density at radius 3 is 2.57 bits per heavy atom. The Balaban J connectivity index is 1.66. The lowest BCUT2D eigenvalue weighted by molar-refractivity contribution is -0.142. The summed E-state index contributed by atoms with van der Waals surface area (Å²) in [4.78, 5) is 29.1. The molecule has 4 rings (SSSR count). The van der Waals surface area contributed by atoms with Crippen LogP contribution in [-0.2, 0) is 16.0 Å². The highest BCUT2D eigenvalue weighted by atomic mass is 79.9. The first-order chi connectivity index (χ1) is 16.8. The number of aryl methyl sites for hydroxylation is 2. The SMILES string of the molecule is CCc1nc2ccc(Br)cc2c(=O)n1N=Cc1cc(C)n(-c2ccc(OCC(=O)OC)cc2)c1C. The molecule has 0 aliphatic rings. The van der Waals surface area contributed by atoms with Crippen molar-refractivity contribution in [2.45, 2.75) is 27.2 Å². The summed E-state index contributed by atoms with van der Waals surface area (Å²) in [5, 5.41) is 5.03. The third kappa shape index (κ3) is 5.05. The number of hydrogen-bond acceptors (Lipinski definition) is 6. The van der Waals surface area contributed by atoms with E-state index in [1.807, 2.05) is 51.1 Å². The van der Waals surface area contributed by atoms with Crippen LogP contribution in [0, 0.1) is 13.8 Å². The summed E-state index contributed by atoms with van der Waals surface area (Å²) >= 11 is 3.42. The van der Waals surface area contributed by atoms with Crippen molar-refractivity contribution in [2.24, 2.45) is 5.10 Å². The summed E-state index contributed by atoms with van der Waals surface area (Å²) < 4.78 is 14.3. The van der Waals surface area contributed by atoms with Crippen LogP contribution in [0.5, 0.6) is 5.75 Å². The van der Waals surface area contributed by atoms with E-state index in [1.54, 1.807) is 24.4 Å². The molecule has 8 nitrogen and oxygen atoms in total. The second kappa shape index (κ2) is 10.3. The summed E-state index contributed by atoms with van der Waals surface area (Å²) in [7, 11) is 1.32. The predicted molar refractivity (Wildman–Crippen MR) is 139 cm³/mol. The lowest BCUT2D eigenvalue weighted by Crippen LogP contribution is -2.22. The number of methoxy groups -OCH3 is 1. The molecule has 0 bridgehead atoms. The van der Waals surface area contributed by atoms with Crippen molar-refractivity contribution in [3.63, 3.8) is 0 Å². The van der Waals surface area contributed by atoms with Gasteiger partial charge in [-0.1, -0.05) is 22.9 Å². The van der Waals surface area contributed by atoms with Crippen LogP contribution in [0.25, 0.3) is 16.6 Å². The minimum atomic E-state index is -0.435. The zero-order valence-corrected chi connectivity index (χ0v) is 21.5. The quantitative estimate of drug-likeness (QED) is 0.255. The van der Waals surface area contributed by atoms with E-state index in [4.69, 9.17) is 4.74 Å². The van der Waals surface area contributed by atoms with Crippen LogP contribution in [0.2, 0.25) is 0 Å². The molecule has 9 heteroatoms. The van der Waals surface area contributed by atoms with Gasteiger partial charge in [0.2, 0.25) is 0 Å². The molecular weight excluding hydrogens is 512 g/mol. The van der Waals surface area contributed by atoms with Crippen molar-refractivity contribution in [1.82, 2.24) is 14.2 Å². The number of rotatable bonds is 7. The fourth-order valence-electron chi connectivity index (χ4n) is 3.87. The number of benzene rings is 2. The smallest absolute Gasteiger partial charge is 0.343 e. The minimum Gasteiger partial charge on any atom is -0.482 e. The maximum atomic E-state index is 13.1. The van der Waals surface area contributed by atoms with E-state index in [0.717, 1.165) is 27.1 Å². The van der Waals surface area contributed by atoms with Crippen LogP contribution >= 0.6 is 15.9 Å². The first-order valence-corrected chi connectivity index (χ1v) is 11.9. The van der Waals surface area contributed by atoms with Crippen LogP contribution in [0.4, 0.5) is 0 Å². The Hall–Kier alpha value is -3.72. The Kier molecular flexibility index (Phi) is 7.16. The third-order valence-electron chi connectivity index (χ3n) is 5.65. The molecule has 2 heterocycles. The van der Waals surface area contributed by atoms with Crippen molar-refractivity contribution in [2.75, 3.05) is 13.7 Å². The lowest BCUT2D eigenvalue weighted by Gasteiger charge is -2.11. The molecule has 0 aliphatic carbocycles. The van der Waals surface area contributed by atoms with Crippen LogP contribution in [0.1, 0.15) is 29.7 Å². The van der Waals surface area contributed by atoms with Crippen molar-refractivity contribution >= 4 is 39.0 Å². The van der Waals surface area contributed by atoms with Gasteiger partial charge in [0.05, 0.1) is 24.2 Å². The molecule has 0 atom stereocenters. The van der Waals surface area contributed by atoms with Gasteiger partial charge in [-0.3, -0.25) is 4.79 Å². The Morgan fingerprint density at radius 2 is 1.89 bits per heavy atom. The number of fused-ring (bicyclic) bond motifs is 1. The Morgan fingerprint density at radius 1 is 1.14 bits per heavy atom. The van der Waals surface area contributed by atoms with E-state index < -0.39 is 5.97 Å². The van der Waals surface area contributed by atoms with Crippen molar-refractivity contribution in [3.05, 3.63) is 86.1 Å². The average Bonchev–Trinajstić information content (AvgIpc) is 3.15. The van der Waals surface area contributed by atoms with Crippen molar-refractivity contribution < 1.29 is 14.3 Å². The van der Waals surface area contributed by atoms with Crippen LogP contribution < -0.4 is 10.3 Å². The van der Waals surface area contributed by atoms with Crippen LogP contribution in [0.3, 0.4) is 0 Å². The van der Waals surface area contributed by atoms with Gasteiger partial charge in [-0.15, -0.1) is 0 Å². The number of aromatic nitrogens is 3. The van der Waals surface area contributed by atoms with E-state index in [2.05, 4.69) is 35.3 Å². The molecule has 180 valence electrons. The molecule has 2 aromatic heterocycles. The molecule has 0 radical (unpaired) electrons. The molecule has 0 fully saturated rings. The number of nitrogens with zero attached hydrogens (tertiary/aromatic N) is 4. The molecule has 35 heavy (non-hydrogen) atoms. The summed E-state index contributed by atoms with van der Waals surface area (Å²) in [6.45, 7) is 5.81. The van der Waals surface area contributed by atoms with Gasteiger partial charge in [-0.05, 0) is 62.4 Å². The molecule has 2 aromatic carbocycles. The van der Waals surface area contributed by atoms with Gasteiger partial charge in [0, 0.05) is 33.5 Å². The van der Waals surface area contributed by atoms with Gasteiger partial charge in [-0.2, -0.15) is 9.78 Å². The molecule has 0 amide bonds. The maximum Gasteiger partial charge on any atom is 0.343 e. The van der Waals surface area contributed by atoms with Gasteiger partial charge >= 0.3 is 5.97 Å². The second-order valence-electron chi connectivity index (χ2n) is 7.93.